The molecule has 0 radical (unpaired) electrons. The van der Waals surface area contributed by atoms with Crippen LogP contribution >= 0.6 is 23.5 Å². The molecule has 0 bridgehead atoms. The lowest BCUT2D eigenvalue weighted by atomic mass is 10.1. The molecule has 1 aromatic heterocycles. The van der Waals surface area contributed by atoms with E-state index in [-0.39, 0.29) is 16.7 Å². The molecule has 0 fully saturated rings. The van der Waals surface area contributed by atoms with Crippen molar-refractivity contribution in [3.05, 3.63) is 51.4 Å². The maximum absolute atomic E-state index is 12.4. The minimum absolute atomic E-state index is 0.118. The summed E-state index contributed by atoms with van der Waals surface area (Å²) in [5.41, 5.74) is 3.53. The molecule has 1 amide bonds. The van der Waals surface area contributed by atoms with Gasteiger partial charge in [0.1, 0.15) is 0 Å². The van der Waals surface area contributed by atoms with Gasteiger partial charge in [0, 0.05) is 17.5 Å². The maximum Gasteiger partial charge on any atom is 0.251 e. The fourth-order valence-electron chi connectivity index (χ4n) is 2.23. The number of aryl methyl sites for hydroxylation is 2. The lowest BCUT2D eigenvalue weighted by Crippen LogP contribution is -2.23. The second kappa shape index (κ2) is 9.10. The van der Waals surface area contributed by atoms with Gasteiger partial charge in [-0.15, -0.1) is 0 Å². The van der Waals surface area contributed by atoms with Crippen LogP contribution in [0, 0.1) is 13.8 Å². The molecular weight excluding hydrogens is 354 g/mol. The minimum Gasteiger partial charge on any atom is -0.325 e. The van der Waals surface area contributed by atoms with E-state index < -0.39 is 0 Å². The first-order valence-corrected chi connectivity index (χ1v) is 10.1. The van der Waals surface area contributed by atoms with Crippen LogP contribution in [-0.2, 0) is 10.5 Å². The van der Waals surface area contributed by atoms with Gasteiger partial charge in [0.05, 0.1) is 10.9 Å². The fraction of sp³-hybridized carbons (Fsp3) is 0.389. The molecule has 0 saturated heterocycles. The molecule has 1 aromatic carbocycles. The first-order chi connectivity index (χ1) is 11.9. The standard InChI is InChI=1S/C18H23N3O2S2/c1-5-24-10-14-9-16(22)21-18(19-14)25-13(4)17(23)20-15-7-6-11(2)8-12(15)3/h6-9,13H,5,10H2,1-4H3,(H,20,23)(H,19,21,22). The number of thioether (sulfide) groups is 2. The number of hydrogen-bond acceptors (Lipinski definition) is 5. The molecule has 2 rings (SSSR count). The smallest absolute Gasteiger partial charge is 0.251 e. The Labute approximate surface area is 156 Å². The largest absolute Gasteiger partial charge is 0.325 e. The summed E-state index contributed by atoms with van der Waals surface area (Å²) in [7, 11) is 0. The molecule has 0 aliphatic carbocycles. The van der Waals surface area contributed by atoms with Gasteiger partial charge in [-0.3, -0.25) is 9.59 Å². The Kier molecular flexibility index (Phi) is 7.13. The summed E-state index contributed by atoms with van der Waals surface area (Å²) in [4.78, 5) is 31.4. The molecule has 5 nitrogen and oxygen atoms in total. The number of H-pyrrole nitrogens is 1. The van der Waals surface area contributed by atoms with Crippen LogP contribution in [0.4, 0.5) is 5.69 Å². The predicted octanol–water partition coefficient (Wildman–Crippen LogP) is 3.76. The quantitative estimate of drug-likeness (QED) is 0.568. The highest BCUT2D eigenvalue weighted by Crippen LogP contribution is 2.22. The van der Waals surface area contributed by atoms with Crippen molar-refractivity contribution in [2.75, 3.05) is 11.1 Å². The van der Waals surface area contributed by atoms with Crippen molar-refractivity contribution in [2.45, 2.75) is 43.9 Å². The van der Waals surface area contributed by atoms with E-state index >= 15 is 0 Å². The molecule has 0 spiro atoms. The zero-order chi connectivity index (χ0) is 18.4. The van der Waals surface area contributed by atoms with E-state index in [0.717, 1.165) is 28.3 Å². The van der Waals surface area contributed by atoms with E-state index in [1.54, 1.807) is 18.7 Å². The number of nitrogens with one attached hydrogen (secondary N) is 2. The first-order valence-electron chi connectivity index (χ1n) is 8.11. The lowest BCUT2D eigenvalue weighted by Gasteiger charge is -2.13. The molecule has 2 N–H and O–H groups in total. The molecule has 25 heavy (non-hydrogen) atoms. The second-order valence-corrected chi connectivity index (χ2v) is 8.35. The van der Waals surface area contributed by atoms with Gasteiger partial charge < -0.3 is 10.3 Å². The zero-order valence-corrected chi connectivity index (χ0v) is 16.5. The highest BCUT2D eigenvalue weighted by molar-refractivity contribution is 8.00. The number of aromatic amines is 1. The molecule has 1 unspecified atom stereocenters. The molecule has 0 saturated carbocycles. The van der Waals surface area contributed by atoms with Gasteiger partial charge in [-0.05, 0) is 38.2 Å². The third-order valence-electron chi connectivity index (χ3n) is 3.52. The van der Waals surface area contributed by atoms with E-state index in [4.69, 9.17) is 0 Å². The van der Waals surface area contributed by atoms with Crippen LogP contribution in [-0.4, -0.2) is 26.9 Å². The van der Waals surface area contributed by atoms with Crippen molar-refractivity contribution < 1.29 is 4.79 Å². The van der Waals surface area contributed by atoms with Crippen molar-refractivity contribution >= 4 is 35.1 Å². The van der Waals surface area contributed by atoms with Gasteiger partial charge in [0.2, 0.25) is 5.91 Å². The highest BCUT2D eigenvalue weighted by Gasteiger charge is 2.17. The number of carbonyl (C=O) groups excluding carboxylic acids is 1. The number of benzene rings is 1. The molecule has 7 heteroatoms. The van der Waals surface area contributed by atoms with E-state index in [9.17, 15) is 9.59 Å². The molecule has 1 heterocycles. The molecule has 1 atom stereocenters. The summed E-state index contributed by atoms with van der Waals surface area (Å²) >= 11 is 2.96. The van der Waals surface area contributed by atoms with Crippen molar-refractivity contribution in [3.63, 3.8) is 0 Å². The molecule has 0 aliphatic rings. The number of aromatic nitrogens is 2. The molecule has 2 aromatic rings. The van der Waals surface area contributed by atoms with Crippen LogP contribution in [0.1, 0.15) is 30.7 Å². The Balaban J connectivity index is 2.05. The van der Waals surface area contributed by atoms with Crippen LogP contribution < -0.4 is 10.9 Å². The SMILES string of the molecule is CCSCc1cc(=O)[nH]c(SC(C)C(=O)Nc2ccc(C)cc2C)n1. The summed E-state index contributed by atoms with van der Waals surface area (Å²) in [6.07, 6.45) is 0. The van der Waals surface area contributed by atoms with Crippen molar-refractivity contribution in [3.8, 4) is 0 Å². The second-order valence-electron chi connectivity index (χ2n) is 5.75. The zero-order valence-electron chi connectivity index (χ0n) is 14.9. The van der Waals surface area contributed by atoms with Crippen molar-refractivity contribution in [2.24, 2.45) is 0 Å². The van der Waals surface area contributed by atoms with Crippen LogP contribution in [0.25, 0.3) is 0 Å². The number of carbonyl (C=O) groups is 1. The summed E-state index contributed by atoms with van der Waals surface area (Å²) in [6, 6.07) is 7.41. The average molecular weight is 378 g/mol. The number of anilines is 1. The third-order valence-corrected chi connectivity index (χ3v) is 5.42. The monoisotopic (exact) mass is 377 g/mol. The Hall–Kier alpha value is -1.73. The summed E-state index contributed by atoms with van der Waals surface area (Å²) in [6.45, 7) is 7.85. The summed E-state index contributed by atoms with van der Waals surface area (Å²) in [5, 5.41) is 3.03. The van der Waals surface area contributed by atoms with Gasteiger partial charge in [0.15, 0.2) is 5.16 Å². The van der Waals surface area contributed by atoms with Gasteiger partial charge in [-0.1, -0.05) is 36.4 Å². The molecular formula is C18H23N3O2S2. The van der Waals surface area contributed by atoms with Crippen LogP contribution in [0.2, 0.25) is 0 Å². The maximum atomic E-state index is 12.4. The lowest BCUT2D eigenvalue weighted by molar-refractivity contribution is -0.115. The Morgan fingerprint density at radius 1 is 1.32 bits per heavy atom. The average Bonchev–Trinajstić information content (AvgIpc) is 2.54. The normalized spacial score (nSPS) is 12.0. The Bertz CT molecular complexity index is 805. The topological polar surface area (TPSA) is 74.8 Å². The van der Waals surface area contributed by atoms with E-state index in [1.165, 1.54) is 17.8 Å². The van der Waals surface area contributed by atoms with Crippen molar-refractivity contribution in [1.82, 2.24) is 9.97 Å². The van der Waals surface area contributed by atoms with Gasteiger partial charge in [-0.2, -0.15) is 11.8 Å². The third kappa shape index (κ3) is 5.93. The molecule has 134 valence electrons. The van der Waals surface area contributed by atoms with Crippen LogP contribution in [0.3, 0.4) is 0 Å². The predicted molar refractivity (Wildman–Crippen MR) is 107 cm³/mol. The summed E-state index contributed by atoms with van der Waals surface area (Å²) < 4.78 is 0. The van der Waals surface area contributed by atoms with Crippen LogP contribution in [0.15, 0.2) is 34.2 Å². The van der Waals surface area contributed by atoms with Crippen molar-refractivity contribution in [1.29, 1.82) is 0 Å². The number of rotatable bonds is 7. The minimum atomic E-state index is -0.377. The number of hydrogen-bond donors (Lipinski definition) is 2. The van der Waals surface area contributed by atoms with E-state index in [1.807, 2.05) is 32.0 Å². The van der Waals surface area contributed by atoms with E-state index in [2.05, 4.69) is 22.2 Å². The van der Waals surface area contributed by atoms with Crippen LogP contribution in [0.5, 0.6) is 0 Å². The fourth-order valence-corrected chi connectivity index (χ4v) is 3.62. The number of nitrogens with zero attached hydrogens (tertiary/aromatic N) is 1. The van der Waals surface area contributed by atoms with Gasteiger partial charge in [-0.25, -0.2) is 4.98 Å². The Morgan fingerprint density at radius 2 is 2.08 bits per heavy atom. The van der Waals surface area contributed by atoms with Gasteiger partial charge >= 0.3 is 0 Å². The summed E-state index contributed by atoms with van der Waals surface area (Å²) in [5.74, 6) is 1.54. The van der Waals surface area contributed by atoms with Gasteiger partial charge in [0.25, 0.3) is 5.56 Å². The first kappa shape index (κ1) is 19.6. The highest BCUT2D eigenvalue weighted by atomic mass is 32.2. The molecule has 0 aliphatic heterocycles. The Morgan fingerprint density at radius 3 is 2.76 bits per heavy atom. The number of amides is 1. The van der Waals surface area contributed by atoms with E-state index in [0.29, 0.717) is 10.9 Å².